The molecule has 1 aliphatic rings. The summed E-state index contributed by atoms with van der Waals surface area (Å²) in [5.41, 5.74) is -0.369. The summed E-state index contributed by atoms with van der Waals surface area (Å²) in [6.45, 7) is 0. The number of ether oxygens (including phenoxy) is 2. The summed E-state index contributed by atoms with van der Waals surface area (Å²) in [5.74, 6) is -0.162. The summed E-state index contributed by atoms with van der Waals surface area (Å²) < 4.78 is 53.8. The number of hydrogen-bond donors (Lipinski definition) is 2. The Balaban J connectivity index is 1.45. The molecule has 3 aromatic carbocycles. The van der Waals surface area contributed by atoms with E-state index in [2.05, 4.69) is 15.7 Å². The molecule has 4 aromatic rings. The molecule has 2 heterocycles. The molecule has 1 aliphatic heterocycles. The van der Waals surface area contributed by atoms with Crippen LogP contribution < -0.4 is 20.1 Å². The van der Waals surface area contributed by atoms with Gasteiger partial charge in [0.1, 0.15) is 28.1 Å². The van der Waals surface area contributed by atoms with E-state index in [1.165, 1.54) is 19.2 Å². The Hall–Kier alpha value is -4.78. The number of aromatic nitrogens is 2. The summed E-state index contributed by atoms with van der Waals surface area (Å²) in [4.78, 5) is 24.0. The summed E-state index contributed by atoms with van der Waals surface area (Å²) in [7, 11) is 1.48. The Kier molecular flexibility index (Phi) is 7.45. The van der Waals surface area contributed by atoms with Gasteiger partial charge in [0.15, 0.2) is 11.7 Å². The van der Waals surface area contributed by atoms with Crippen LogP contribution in [0.1, 0.15) is 34.6 Å². The number of non-ortho nitro benzene ring substituents is 1. The number of rotatable bonds is 7. The molecule has 2 atom stereocenters. The Morgan fingerprint density at radius 2 is 1.80 bits per heavy atom. The highest BCUT2D eigenvalue weighted by Gasteiger charge is 2.48. The number of carbonyl (C=O) groups is 1. The minimum atomic E-state index is -4.70. The molecule has 212 valence electrons. The van der Waals surface area contributed by atoms with Crippen molar-refractivity contribution in [1.29, 1.82) is 0 Å². The van der Waals surface area contributed by atoms with E-state index in [1.807, 2.05) is 0 Å². The number of methoxy groups -OCH3 is 1. The molecule has 2 N–H and O–H groups in total. The molecule has 0 aliphatic carbocycles. The average molecular weight is 588 g/mol. The van der Waals surface area contributed by atoms with Crippen LogP contribution in [0, 0.1) is 10.1 Å². The lowest BCUT2D eigenvalue weighted by Gasteiger charge is -2.33. The van der Waals surface area contributed by atoms with Gasteiger partial charge >= 0.3 is 6.18 Å². The molecular formula is C27H21ClF3N5O5. The molecule has 0 bridgehead atoms. The number of para-hydroxylation sites is 1. The third kappa shape index (κ3) is 5.89. The second kappa shape index (κ2) is 11.0. The van der Waals surface area contributed by atoms with Gasteiger partial charge in [-0.2, -0.15) is 18.3 Å². The van der Waals surface area contributed by atoms with E-state index in [0.717, 1.165) is 6.07 Å². The van der Waals surface area contributed by atoms with Crippen LogP contribution in [-0.2, 0) is 0 Å². The van der Waals surface area contributed by atoms with Crippen molar-refractivity contribution in [2.45, 2.75) is 24.7 Å². The van der Waals surface area contributed by atoms with Crippen LogP contribution in [-0.4, -0.2) is 33.9 Å². The molecule has 14 heteroatoms. The Morgan fingerprint density at radius 1 is 1.10 bits per heavy atom. The first-order chi connectivity index (χ1) is 19.5. The van der Waals surface area contributed by atoms with E-state index in [4.69, 9.17) is 21.1 Å². The minimum absolute atomic E-state index is 0.0476. The van der Waals surface area contributed by atoms with Gasteiger partial charge in [-0.25, -0.2) is 4.68 Å². The van der Waals surface area contributed by atoms with E-state index in [-0.39, 0.29) is 28.0 Å². The van der Waals surface area contributed by atoms with Crippen molar-refractivity contribution in [3.8, 4) is 17.2 Å². The summed E-state index contributed by atoms with van der Waals surface area (Å²) >= 11 is 6.41. The van der Waals surface area contributed by atoms with Gasteiger partial charge in [-0.15, -0.1) is 0 Å². The van der Waals surface area contributed by atoms with Gasteiger partial charge in [-0.1, -0.05) is 41.9 Å². The summed E-state index contributed by atoms with van der Waals surface area (Å²) in [6.07, 6.45) is -5.11. The number of benzene rings is 3. The number of hydrogen-bond acceptors (Lipinski definition) is 7. The number of alkyl halides is 3. The fourth-order valence-electron chi connectivity index (χ4n) is 4.42. The van der Waals surface area contributed by atoms with Gasteiger partial charge in [0.2, 0.25) is 0 Å². The van der Waals surface area contributed by atoms with Crippen LogP contribution in [0.4, 0.5) is 30.4 Å². The molecule has 10 nitrogen and oxygen atoms in total. The maximum absolute atomic E-state index is 14.1. The van der Waals surface area contributed by atoms with E-state index >= 15 is 0 Å². The molecule has 0 saturated heterocycles. The summed E-state index contributed by atoms with van der Waals surface area (Å²) in [6, 6.07) is 15.7. The van der Waals surface area contributed by atoms with Crippen LogP contribution >= 0.6 is 11.6 Å². The van der Waals surface area contributed by atoms with Gasteiger partial charge in [0.25, 0.3) is 11.6 Å². The highest BCUT2D eigenvalue weighted by atomic mass is 35.5. The second-order valence-electron chi connectivity index (χ2n) is 9.06. The SMILES string of the molecule is COc1ccc([C@H]2C[C@@H](C(F)(F)F)n3nc(C(=O)Nc4cc(Oc5ccccc5)cc([N+](=O)[O-])c4)c(Cl)c3N2)cc1. The van der Waals surface area contributed by atoms with Gasteiger partial charge in [-0.3, -0.25) is 14.9 Å². The first-order valence-electron chi connectivity index (χ1n) is 12.1. The van der Waals surface area contributed by atoms with Crippen LogP contribution in [0.3, 0.4) is 0 Å². The fraction of sp³-hybridized carbons (Fsp3) is 0.185. The minimum Gasteiger partial charge on any atom is -0.497 e. The molecule has 5 rings (SSSR count). The number of nitro groups is 1. The lowest BCUT2D eigenvalue weighted by molar-refractivity contribution is -0.384. The van der Waals surface area contributed by atoms with Crippen molar-refractivity contribution in [2.75, 3.05) is 17.7 Å². The largest absolute Gasteiger partial charge is 0.497 e. The lowest BCUT2D eigenvalue weighted by atomic mass is 9.97. The molecule has 41 heavy (non-hydrogen) atoms. The number of anilines is 2. The van der Waals surface area contributed by atoms with Crippen molar-refractivity contribution in [1.82, 2.24) is 9.78 Å². The van der Waals surface area contributed by atoms with E-state index in [1.54, 1.807) is 54.6 Å². The van der Waals surface area contributed by atoms with Crippen molar-refractivity contribution < 1.29 is 32.4 Å². The fourth-order valence-corrected chi connectivity index (χ4v) is 4.69. The Labute approximate surface area is 235 Å². The zero-order valence-electron chi connectivity index (χ0n) is 21.2. The maximum atomic E-state index is 14.1. The summed E-state index contributed by atoms with van der Waals surface area (Å²) in [5, 5.41) is 20.5. The molecule has 1 amide bonds. The predicted molar refractivity (Wildman–Crippen MR) is 144 cm³/mol. The first-order valence-corrected chi connectivity index (χ1v) is 12.5. The Morgan fingerprint density at radius 3 is 2.44 bits per heavy atom. The smallest absolute Gasteiger partial charge is 0.410 e. The number of halogens is 4. The number of nitrogens with zero attached hydrogens (tertiary/aromatic N) is 3. The number of nitrogens with one attached hydrogen (secondary N) is 2. The molecular weight excluding hydrogens is 567 g/mol. The zero-order chi connectivity index (χ0) is 29.3. The third-order valence-corrected chi connectivity index (χ3v) is 6.73. The van der Waals surface area contributed by atoms with Crippen molar-refractivity contribution in [2.24, 2.45) is 0 Å². The standard InChI is InChI=1S/C27H21ClF3N5O5/c1-40-18-9-7-15(8-10-18)21-14-22(27(29,30)31)35-25(33-21)23(28)24(34-35)26(37)32-16-11-17(36(38)39)13-20(12-16)41-19-5-3-2-4-6-19/h2-13,21-22,33H,14H2,1H3,(H,32,37)/t21-,22+/m1/s1. The number of carbonyl (C=O) groups excluding carboxylic acids is 1. The van der Waals surface area contributed by atoms with Gasteiger partial charge in [-0.05, 0) is 29.8 Å². The van der Waals surface area contributed by atoms with Gasteiger partial charge in [0.05, 0.1) is 29.8 Å². The second-order valence-corrected chi connectivity index (χ2v) is 9.44. The van der Waals surface area contributed by atoms with Crippen LogP contribution in [0.5, 0.6) is 17.2 Å². The number of fused-ring (bicyclic) bond motifs is 1. The number of amides is 1. The van der Waals surface area contributed by atoms with Crippen molar-refractivity contribution in [3.05, 3.63) is 99.2 Å². The molecule has 1 aromatic heterocycles. The van der Waals surface area contributed by atoms with E-state index in [0.29, 0.717) is 21.7 Å². The lowest BCUT2D eigenvalue weighted by Crippen LogP contribution is -2.35. The normalized spacial score (nSPS) is 16.3. The first kappa shape index (κ1) is 27.8. The molecule has 0 unspecified atom stereocenters. The van der Waals surface area contributed by atoms with Crippen molar-refractivity contribution in [3.63, 3.8) is 0 Å². The van der Waals surface area contributed by atoms with Crippen molar-refractivity contribution >= 4 is 34.7 Å². The average Bonchev–Trinajstić information content (AvgIpc) is 3.28. The third-order valence-electron chi connectivity index (χ3n) is 6.37. The van der Waals surface area contributed by atoms with Crippen LogP contribution in [0.2, 0.25) is 5.02 Å². The van der Waals surface area contributed by atoms with Gasteiger partial charge in [0, 0.05) is 18.6 Å². The molecule has 0 radical (unpaired) electrons. The molecule has 0 spiro atoms. The van der Waals surface area contributed by atoms with E-state index < -0.39 is 41.2 Å². The highest BCUT2D eigenvalue weighted by Crippen LogP contribution is 2.46. The Bertz CT molecular complexity index is 1600. The maximum Gasteiger partial charge on any atom is 0.410 e. The monoisotopic (exact) mass is 587 g/mol. The molecule has 0 fully saturated rings. The van der Waals surface area contributed by atoms with Crippen LogP contribution in [0.25, 0.3) is 0 Å². The van der Waals surface area contributed by atoms with Crippen LogP contribution in [0.15, 0.2) is 72.8 Å². The van der Waals surface area contributed by atoms with Gasteiger partial charge < -0.3 is 20.1 Å². The topological polar surface area (TPSA) is 121 Å². The quantitative estimate of drug-likeness (QED) is 0.174. The number of nitro benzene ring substituents is 1. The zero-order valence-corrected chi connectivity index (χ0v) is 21.9. The highest BCUT2D eigenvalue weighted by molar-refractivity contribution is 6.36. The van der Waals surface area contributed by atoms with E-state index in [9.17, 15) is 28.1 Å². The predicted octanol–water partition coefficient (Wildman–Crippen LogP) is 7.16. The molecule has 0 saturated carbocycles.